The number of aliphatic carboxylic acids is 1. The van der Waals surface area contributed by atoms with E-state index in [0.717, 1.165) is 70.6 Å². The van der Waals surface area contributed by atoms with Crippen LogP contribution in [0, 0.1) is 0 Å². The summed E-state index contributed by atoms with van der Waals surface area (Å²) in [6.07, 6.45) is 61.3. The van der Waals surface area contributed by atoms with Crippen LogP contribution in [-0.4, -0.2) is 60.5 Å². The molecule has 0 aliphatic rings. The number of carbonyl (C=O) groups is 2. The number of esters is 1. The summed E-state index contributed by atoms with van der Waals surface area (Å²) in [7, 11) is -4.63. The fraction of sp³-hybridized carbons (Fsp3) is 0.778. The van der Waals surface area contributed by atoms with E-state index in [1.165, 1.54) is 135 Å². The highest BCUT2D eigenvalue weighted by Gasteiger charge is 2.27. The third-order valence-corrected chi connectivity index (χ3v) is 12.2. The van der Waals surface area contributed by atoms with Crippen LogP contribution >= 0.6 is 7.82 Å². The number of hydrogen-bond donors (Lipinski definition) is 3. The Morgan fingerprint density at radius 3 is 1.35 bits per heavy atom. The normalized spacial score (nSPS) is 14.2. The SMILES string of the molecule is CC/C=C\C/C=C\C/C=C\C/C=C\CCCCCCCCCCC(=O)OC(COCCCCCCCCCCCC/C=C\CCCCCCCCCC)COP(=O)(O)OCC(N)C(=O)O. The minimum atomic E-state index is -4.63. The Morgan fingerprint density at radius 2 is 0.892 bits per heavy atom. The van der Waals surface area contributed by atoms with Crippen LogP contribution in [0.1, 0.15) is 232 Å². The Labute approximate surface area is 398 Å². The lowest BCUT2D eigenvalue weighted by atomic mass is 10.1. The molecule has 3 atom stereocenters. The molecule has 0 aromatic rings. The summed E-state index contributed by atoms with van der Waals surface area (Å²) in [5, 5.41) is 8.94. The summed E-state index contributed by atoms with van der Waals surface area (Å²) < 4.78 is 33.5. The molecule has 0 rings (SSSR count). The predicted octanol–water partition coefficient (Wildman–Crippen LogP) is 15.5. The highest BCUT2D eigenvalue weighted by atomic mass is 31.2. The van der Waals surface area contributed by atoms with Gasteiger partial charge in [-0.3, -0.25) is 18.6 Å². The number of carboxylic acid groups (broad SMARTS) is 1. The van der Waals surface area contributed by atoms with Gasteiger partial charge >= 0.3 is 19.8 Å². The van der Waals surface area contributed by atoms with Gasteiger partial charge in [-0.15, -0.1) is 0 Å². The lowest BCUT2D eigenvalue weighted by molar-refractivity contribution is -0.154. The number of phosphoric acid groups is 1. The molecule has 0 saturated carbocycles. The number of hydrogen-bond acceptors (Lipinski definition) is 8. The molecule has 0 bridgehead atoms. The van der Waals surface area contributed by atoms with E-state index < -0.39 is 45.1 Å². The molecule has 378 valence electrons. The van der Waals surface area contributed by atoms with Crippen LogP contribution in [0.25, 0.3) is 0 Å². The van der Waals surface area contributed by atoms with E-state index in [1.807, 2.05) is 0 Å². The number of unbranched alkanes of at least 4 members (excludes halogenated alkanes) is 26. The Morgan fingerprint density at radius 1 is 0.508 bits per heavy atom. The van der Waals surface area contributed by atoms with Crippen molar-refractivity contribution in [2.45, 2.75) is 244 Å². The second kappa shape index (κ2) is 49.6. The van der Waals surface area contributed by atoms with Crippen molar-refractivity contribution in [2.24, 2.45) is 5.73 Å². The summed E-state index contributed by atoms with van der Waals surface area (Å²) >= 11 is 0. The molecule has 11 heteroatoms. The number of rotatable bonds is 50. The topological polar surface area (TPSA) is 155 Å². The van der Waals surface area contributed by atoms with Gasteiger partial charge in [-0.25, -0.2) is 4.57 Å². The minimum absolute atomic E-state index is 0.0116. The van der Waals surface area contributed by atoms with Gasteiger partial charge in [-0.1, -0.05) is 209 Å². The van der Waals surface area contributed by atoms with Crippen molar-refractivity contribution in [3.63, 3.8) is 0 Å². The van der Waals surface area contributed by atoms with E-state index >= 15 is 0 Å². The number of allylic oxidation sites excluding steroid dienone is 10. The van der Waals surface area contributed by atoms with Crippen LogP contribution in [0.2, 0.25) is 0 Å². The molecule has 3 unspecified atom stereocenters. The molecule has 0 aromatic heterocycles. The highest BCUT2D eigenvalue weighted by Crippen LogP contribution is 2.43. The average Bonchev–Trinajstić information content (AvgIpc) is 3.29. The molecule has 4 N–H and O–H groups in total. The van der Waals surface area contributed by atoms with Crippen LogP contribution in [0.15, 0.2) is 60.8 Å². The largest absolute Gasteiger partial charge is 0.480 e. The fourth-order valence-electron chi connectivity index (χ4n) is 7.24. The number of nitrogens with two attached hydrogens (primary N) is 1. The third-order valence-electron chi connectivity index (χ3n) is 11.3. The molecule has 0 saturated heterocycles. The second-order valence-corrected chi connectivity index (χ2v) is 19.1. The molecule has 0 aliphatic carbocycles. The molecule has 65 heavy (non-hydrogen) atoms. The van der Waals surface area contributed by atoms with E-state index in [9.17, 15) is 19.0 Å². The third kappa shape index (κ3) is 49.4. The summed E-state index contributed by atoms with van der Waals surface area (Å²) in [6, 6.07) is -1.48. The zero-order chi connectivity index (χ0) is 47.6. The highest BCUT2D eigenvalue weighted by molar-refractivity contribution is 7.47. The summed E-state index contributed by atoms with van der Waals surface area (Å²) in [5.41, 5.74) is 5.38. The molecule has 0 radical (unpaired) electrons. The van der Waals surface area contributed by atoms with Gasteiger partial charge in [0, 0.05) is 13.0 Å². The first-order valence-electron chi connectivity index (χ1n) is 26.3. The first-order valence-corrected chi connectivity index (χ1v) is 27.8. The van der Waals surface area contributed by atoms with Gasteiger partial charge in [0.25, 0.3) is 0 Å². The maximum atomic E-state index is 12.7. The van der Waals surface area contributed by atoms with Crippen molar-refractivity contribution in [1.82, 2.24) is 0 Å². The number of ether oxygens (including phenoxy) is 2. The first-order chi connectivity index (χ1) is 31.7. The second-order valence-electron chi connectivity index (χ2n) is 17.6. The maximum Gasteiger partial charge on any atom is 0.472 e. The van der Waals surface area contributed by atoms with Crippen molar-refractivity contribution in [1.29, 1.82) is 0 Å². The van der Waals surface area contributed by atoms with Crippen LogP contribution in [0.3, 0.4) is 0 Å². The zero-order valence-electron chi connectivity index (χ0n) is 41.6. The first kappa shape index (κ1) is 62.7. The summed E-state index contributed by atoms with van der Waals surface area (Å²) in [5.74, 6) is -1.78. The van der Waals surface area contributed by atoms with Gasteiger partial charge in [0.1, 0.15) is 12.1 Å². The van der Waals surface area contributed by atoms with Crippen LogP contribution < -0.4 is 5.73 Å². The lowest BCUT2D eigenvalue weighted by Gasteiger charge is -2.20. The molecule has 10 nitrogen and oxygen atoms in total. The summed E-state index contributed by atoms with van der Waals surface area (Å²) in [4.78, 5) is 33.7. The Hall–Kier alpha value is -2.33. The smallest absolute Gasteiger partial charge is 0.472 e. The quantitative estimate of drug-likeness (QED) is 0.0232. The van der Waals surface area contributed by atoms with E-state index in [0.29, 0.717) is 13.0 Å². The average molecular weight is 936 g/mol. The van der Waals surface area contributed by atoms with Crippen LogP contribution in [0.5, 0.6) is 0 Å². The molecular weight excluding hydrogens is 838 g/mol. The molecule has 0 aromatic carbocycles. The van der Waals surface area contributed by atoms with E-state index in [2.05, 4.69) is 74.6 Å². The van der Waals surface area contributed by atoms with E-state index in [1.54, 1.807) is 0 Å². The minimum Gasteiger partial charge on any atom is -0.480 e. The van der Waals surface area contributed by atoms with Gasteiger partial charge < -0.3 is 25.2 Å². The van der Waals surface area contributed by atoms with Crippen LogP contribution in [0.4, 0.5) is 0 Å². The van der Waals surface area contributed by atoms with Crippen molar-refractivity contribution >= 4 is 19.8 Å². The molecular formula is C54H98NO9P. The van der Waals surface area contributed by atoms with Crippen LogP contribution in [-0.2, 0) is 32.7 Å². The Bertz CT molecular complexity index is 1270. The maximum absolute atomic E-state index is 12.7. The van der Waals surface area contributed by atoms with E-state index in [-0.39, 0.29) is 13.0 Å². The number of carbonyl (C=O) groups excluding carboxylic acids is 1. The lowest BCUT2D eigenvalue weighted by Crippen LogP contribution is -2.34. The molecule has 0 amide bonds. The van der Waals surface area contributed by atoms with Gasteiger partial charge in [-0.2, -0.15) is 0 Å². The van der Waals surface area contributed by atoms with Gasteiger partial charge in [0.05, 0.1) is 19.8 Å². The van der Waals surface area contributed by atoms with Crippen molar-refractivity contribution in [3.8, 4) is 0 Å². The molecule has 0 aliphatic heterocycles. The van der Waals surface area contributed by atoms with E-state index in [4.69, 9.17) is 29.4 Å². The molecule has 0 fully saturated rings. The van der Waals surface area contributed by atoms with Crippen molar-refractivity contribution < 1.29 is 42.7 Å². The Balaban J connectivity index is 4.14. The van der Waals surface area contributed by atoms with Gasteiger partial charge in [-0.05, 0) is 77.0 Å². The standard InChI is InChI=1S/C54H98NO9P/c1-3-5-7-9-11-13-15-17-19-21-23-25-27-29-31-33-35-37-39-41-43-45-47-61-48-51(49-62-65(59,60)63-50-52(55)54(57)58)64-53(56)46-44-42-40-38-36-34-32-30-28-26-24-22-20-18-16-14-12-10-8-6-4-2/h6,8,12,14,18,20-21,23-24,26,51-52H,3-5,7,9-11,13,15-17,19,22,25,27-50,55H2,1-2H3,(H,57,58)(H,59,60)/b8-6-,14-12-,20-18-,23-21-,26-24-. The number of phosphoric ester groups is 1. The summed E-state index contributed by atoms with van der Waals surface area (Å²) in [6.45, 7) is 3.78. The number of carboxylic acids is 1. The Kier molecular flexibility index (Phi) is 47.8. The van der Waals surface area contributed by atoms with Gasteiger partial charge in [0.15, 0.2) is 0 Å². The molecule has 0 spiro atoms. The monoisotopic (exact) mass is 936 g/mol. The zero-order valence-corrected chi connectivity index (χ0v) is 42.5. The molecule has 0 heterocycles. The van der Waals surface area contributed by atoms with Crippen molar-refractivity contribution in [3.05, 3.63) is 60.8 Å². The predicted molar refractivity (Wildman–Crippen MR) is 272 cm³/mol. The van der Waals surface area contributed by atoms with Gasteiger partial charge in [0.2, 0.25) is 0 Å². The van der Waals surface area contributed by atoms with Crippen molar-refractivity contribution in [2.75, 3.05) is 26.4 Å². The fourth-order valence-corrected chi connectivity index (χ4v) is 8.02.